The van der Waals surface area contributed by atoms with E-state index in [4.69, 9.17) is 10.00 Å². The molecule has 0 aliphatic carbocycles. The van der Waals surface area contributed by atoms with Gasteiger partial charge in [-0.2, -0.15) is 5.26 Å². The molecule has 2 rings (SSSR count). The Morgan fingerprint density at radius 3 is 2.50 bits per heavy atom. The van der Waals surface area contributed by atoms with E-state index >= 15 is 0 Å². The molecule has 0 saturated heterocycles. The van der Waals surface area contributed by atoms with Gasteiger partial charge in [0.25, 0.3) is 10.0 Å². The topological polar surface area (TPSA) is 104 Å². The second-order valence-electron chi connectivity index (χ2n) is 5.16. The lowest BCUT2D eigenvalue weighted by Crippen LogP contribution is -2.14. The van der Waals surface area contributed by atoms with E-state index < -0.39 is 10.0 Å². The Hall–Kier alpha value is -2.70. The van der Waals surface area contributed by atoms with Gasteiger partial charge in [0.1, 0.15) is 5.75 Å². The fourth-order valence-electron chi connectivity index (χ4n) is 2.09. The van der Waals surface area contributed by atoms with Crippen molar-refractivity contribution in [3.8, 4) is 11.9 Å². The second-order valence-corrected chi connectivity index (χ2v) is 7.64. The average molecular weight is 390 g/mol. The van der Waals surface area contributed by atoms with Crippen molar-refractivity contribution in [2.75, 3.05) is 18.1 Å². The monoisotopic (exact) mass is 390 g/mol. The molecule has 0 amide bonds. The molecule has 0 heterocycles. The number of sulfonamides is 1. The number of aryl methyl sites for hydroxylation is 1. The third kappa shape index (κ3) is 4.91. The highest BCUT2D eigenvalue weighted by atomic mass is 32.2. The van der Waals surface area contributed by atoms with Crippen LogP contribution in [0.15, 0.2) is 52.4 Å². The predicted octanol–water partition coefficient (Wildman–Crippen LogP) is 3.23. The van der Waals surface area contributed by atoms with E-state index in [0.29, 0.717) is 22.3 Å². The van der Waals surface area contributed by atoms with E-state index in [1.807, 2.05) is 13.0 Å². The van der Waals surface area contributed by atoms with Crippen LogP contribution in [0.1, 0.15) is 5.56 Å². The molecular formula is C17H18N4O3S2. The molecule has 0 atom stereocenters. The molecule has 26 heavy (non-hydrogen) atoms. The summed E-state index contributed by atoms with van der Waals surface area (Å²) in [6.45, 7) is 1.86. The lowest BCUT2D eigenvalue weighted by Gasteiger charge is -2.12. The molecule has 0 fully saturated rings. The zero-order chi connectivity index (χ0) is 19.2. The molecule has 0 aliphatic rings. The molecule has 0 spiro atoms. The van der Waals surface area contributed by atoms with Crippen molar-refractivity contribution in [3.05, 3.63) is 48.0 Å². The Bertz CT molecular complexity index is 949. The number of amidine groups is 1. The fraction of sp³-hybridized carbons (Fsp3) is 0.176. The standard InChI is InChI=1S/C17H18N4O3S2/c1-12-4-9-16(24-2)15(10-12)21-26(22,23)14-7-5-13(6-8-14)20-17(25-3)19-11-18/h4-10,21H,1-3H3,(H,19,20). The van der Waals surface area contributed by atoms with Gasteiger partial charge in [0, 0.05) is 0 Å². The van der Waals surface area contributed by atoms with Gasteiger partial charge in [0.2, 0.25) is 0 Å². The number of hydrogen-bond donors (Lipinski definition) is 2. The van der Waals surface area contributed by atoms with Gasteiger partial charge in [-0.1, -0.05) is 17.8 Å². The molecule has 0 unspecified atom stereocenters. The minimum Gasteiger partial charge on any atom is -0.495 e. The normalized spacial score (nSPS) is 11.5. The number of rotatable bonds is 5. The second kappa shape index (κ2) is 8.60. The molecule has 2 aromatic carbocycles. The zero-order valence-electron chi connectivity index (χ0n) is 14.5. The molecule has 2 N–H and O–H groups in total. The summed E-state index contributed by atoms with van der Waals surface area (Å²) >= 11 is 1.28. The minimum atomic E-state index is -3.78. The van der Waals surface area contributed by atoms with Crippen molar-refractivity contribution < 1.29 is 13.2 Å². The molecule has 0 radical (unpaired) electrons. The van der Waals surface area contributed by atoms with Crippen LogP contribution < -0.4 is 14.8 Å². The average Bonchev–Trinajstić information content (AvgIpc) is 2.61. The number of anilines is 1. The summed E-state index contributed by atoms with van der Waals surface area (Å²) in [5, 5.41) is 11.5. The summed E-state index contributed by atoms with van der Waals surface area (Å²) in [6.07, 6.45) is 3.58. The van der Waals surface area contributed by atoms with Crippen molar-refractivity contribution in [3.63, 3.8) is 0 Å². The Morgan fingerprint density at radius 1 is 1.23 bits per heavy atom. The smallest absolute Gasteiger partial charge is 0.262 e. The molecular weight excluding hydrogens is 372 g/mol. The lowest BCUT2D eigenvalue weighted by atomic mass is 10.2. The van der Waals surface area contributed by atoms with Gasteiger partial charge in [0.15, 0.2) is 11.4 Å². The number of nitrogens with one attached hydrogen (secondary N) is 2. The Labute approximate surface area is 157 Å². The van der Waals surface area contributed by atoms with Crippen LogP contribution in [-0.4, -0.2) is 27.0 Å². The van der Waals surface area contributed by atoms with Gasteiger partial charge in [-0.15, -0.1) is 0 Å². The van der Waals surface area contributed by atoms with Crippen molar-refractivity contribution in [2.24, 2.45) is 4.99 Å². The highest BCUT2D eigenvalue weighted by Gasteiger charge is 2.16. The fourth-order valence-corrected chi connectivity index (χ4v) is 3.50. The molecule has 0 saturated carbocycles. The molecule has 0 bridgehead atoms. The summed E-state index contributed by atoms with van der Waals surface area (Å²) in [4.78, 5) is 4.32. The number of aliphatic imine (C=N–C) groups is 1. The van der Waals surface area contributed by atoms with Gasteiger partial charge in [-0.05, 0) is 55.1 Å². The first-order valence-electron chi connectivity index (χ1n) is 7.45. The maximum absolute atomic E-state index is 12.6. The third-order valence-corrected chi connectivity index (χ3v) is 5.29. The van der Waals surface area contributed by atoms with Crippen LogP contribution >= 0.6 is 11.8 Å². The number of nitrogens with zero attached hydrogens (tertiary/aromatic N) is 2. The van der Waals surface area contributed by atoms with Crippen LogP contribution in [-0.2, 0) is 10.0 Å². The number of ether oxygens (including phenoxy) is 1. The summed E-state index contributed by atoms with van der Waals surface area (Å²) < 4.78 is 33.0. The molecule has 0 aliphatic heterocycles. The van der Waals surface area contributed by atoms with Crippen molar-refractivity contribution in [1.29, 1.82) is 5.26 Å². The van der Waals surface area contributed by atoms with Crippen molar-refractivity contribution >= 4 is 38.3 Å². The van der Waals surface area contributed by atoms with E-state index in [1.165, 1.54) is 31.0 Å². The molecule has 2 aromatic rings. The van der Waals surface area contributed by atoms with Crippen LogP contribution in [0.5, 0.6) is 5.75 Å². The van der Waals surface area contributed by atoms with Crippen LogP contribution in [0.4, 0.5) is 11.4 Å². The summed E-state index contributed by atoms with van der Waals surface area (Å²) in [5.74, 6) is 0.438. The number of methoxy groups -OCH3 is 1. The van der Waals surface area contributed by atoms with E-state index in [0.717, 1.165) is 5.56 Å². The van der Waals surface area contributed by atoms with E-state index in [2.05, 4.69) is 15.0 Å². The summed E-state index contributed by atoms with van der Waals surface area (Å²) in [5.41, 5.74) is 1.81. The van der Waals surface area contributed by atoms with E-state index in [-0.39, 0.29) is 4.90 Å². The first kappa shape index (κ1) is 19.6. The van der Waals surface area contributed by atoms with Crippen molar-refractivity contribution in [2.45, 2.75) is 11.8 Å². The first-order chi connectivity index (χ1) is 12.4. The molecule has 9 heteroatoms. The van der Waals surface area contributed by atoms with E-state index in [1.54, 1.807) is 36.7 Å². The maximum atomic E-state index is 12.6. The molecule has 7 nitrogen and oxygen atoms in total. The number of thioether (sulfide) groups is 1. The minimum absolute atomic E-state index is 0.0963. The van der Waals surface area contributed by atoms with Crippen LogP contribution in [0.3, 0.4) is 0 Å². The van der Waals surface area contributed by atoms with E-state index in [9.17, 15) is 8.42 Å². The van der Waals surface area contributed by atoms with Gasteiger partial charge in [-0.25, -0.2) is 13.4 Å². The predicted molar refractivity (Wildman–Crippen MR) is 104 cm³/mol. The Morgan fingerprint density at radius 2 is 1.92 bits per heavy atom. The van der Waals surface area contributed by atoms with Gasteiger partial charge >= 0.3 is 0 Å². The third-order valence-electron chi connectivity index (χ3n) is 3.33. The highest BCUT2D eigenvalue weighted by molar-refractivity contribution is 8.13. The maximum Gasteiger partial charge on any atom is 0.262 e. The van der Waals surface area contributed by atoms with Crippen LogP contribution in [0.25, 0.3) is 0 Å². The van der Waals surface area contributed by atoms with Crippen LogP contribution in [0.2, 0.25) is 0 Å². The van der Waals surface area contributed by atoms with Gasteiger partial charge in [-0.3, -0.25) is 10.0 Å². The summed E-state index contributed by atoms with van der Waals surface area (Å²) in [6, 6.07) is 11.3. The SMILES string of the molecule is COc1ccc(C)cc1NS(=O)(=O)c1ccc(N=C(NC#N)SC)cc1. The number of hydrogen-bond acceptors (Lipinski definition) is 6. The Kier molecular flexibility index (Phi) is 6.49. The molecule has 136 valence electrons. The molecule has 0 aromatic heterocycles. The number of benzene rings is 2. The van der Waals surface area contributed by atoms with Crippen LogP contribution in [0, 0.1) is 18.4 Å². The summed E-state index contributed by atoms with van der Waals surface area (Å²) in [7, 11) is -2.30. The highest BCUT2D eigenvalue weighted by Crippen LogP contribution is 2.28. The van der Waals surface area contributed by atoms with Crippen molar-refractivity contribution in [1.82, 2.24) is 5.32 Å². The number of nitriles is 1. The Balaban J connectivity index is 2.28. The quantitative estimate of drug-likeness (QED) is 0.352. The first-order valence-corrected chi connectivity index (χ1v) is 10.2. The van der Waals surface area contributed by atoms with Gasteiger partial charge < -0.3 is 4.74 Å². The zero-order valence-corrected chi connectivity index (χ0v) is 16.1. The largest absolute Gasteiger partial charge is 0.495 e. The van der Waals surface area contributed by atoms with Gasteiger partial charge in [0.05, 0.1) is 23.4 Å². The lowest BCUT2D eigenvalue weighted by molar-refractivity contribution is 0.417.